The Labute approximate surface area is 185 Å². The van der Waals surface area contributed by atoms with Crippen molar-refractivity contribution in [1.29, 1.82) is 0 Å². The summed E-state index contributed by atoms with van der Waals surface area (Å²) < 4.78 is 19.3. The summed E-state index contributed by atoms with van der Waals surface area (Å²) in [7, 11) is 0. The van der Waals surface area contributed by atoms with E-state index in [1.165, 1.54) is 17.0 Å². The van der Waals surface area contributed by atoms with Gasteiger partial charge in [-0.2, -0.15) is 0 Å². The molecule has 162 valence electrons. The van der Waals surface area contributed by atoms with Gasteiger partial charge >= 0.3 is 12.1 Å². The van der Waals surface area contributed by atoms with Gasteiger partial charge in [-0.1, -0.05) is 60.7 Å². The highest BCUT2D eigenvalue weighted by atomic mass is 19.1. The summed E-state index contributed by atoms with van der Waals surface area (Å²) in [5, 5.41) is 9.83. The third kappa shape index (κ3) is 3.42. The number of nitrogens with zero attached hydrogens (tertiary/aromatic N) is 1. The maximum atomic E-state index is 13.7. The van der Waals surface area contributed by atoms with Gasteiger partial charge in [0.2, 0.25) is 0 Å². The van der Waals surface area contributed by atoms with Gasteiger partial charge in [0.05, 0.1) is 0 Å². The zero-order chi connectivity index (χ0) is 22.2. The van der Waals surface area contributed by atoms with Crippen LogP contribution in [-0.4, -0.2) is 41.3 Å². The predicted octanol–water partition coefficient (Wildman–Crippen LogP) is 5.02. The van der Waals surface area contributed by atoms with E-state index in [4.69, 9.17) is 4.74 Å². The molecule has 0 spiro atoms. The predicted molar refractivity (Wildman–Crippen MR) is 117 cm³/mol. The van der Waals surface area contributed by atoms with E-state index in [2.05, 4.69) is 12.1 Å². The van der Waals surface area contributed by atoms with Crippen LogP contribution in [0, 0.1) is 5.82 Å². The van der Waals surface area contributed by atoms with Crippen LogP contribution in [0.2, 0.25) is 0 Å². The van der Waals surface area contributed by atoms with Crippen molar-refractivity contribution < 1.29 is 23.8 Å². The zero-order valence-electron chi connectivity index (χ0n) is 17.3. The monoisotopic (exact) mass is 431 g/mol. The minimum absolute atomic E-state index is 0.101. The van der Waals surface area contributed by atoms with Crippen molar-refractivity contribution in [2.75, 3.05) is 13.2 Å². The summed E-state index contributed by atoms with van der Waals surface area (Å²) in [6, 6.07) is 20.9. The maximum absolute atomic E-state index is 13.7. The topological polar surface area (TPSA) is 66.8 Å². The summed E-state index contributed by atoms with van der Waals surface area (Å²) in [5.41, 5.74) is 5.01. The number of amides is 1. The number of hydrogen-bond acceptors (Lipinski definition) is 3. The number of carbonyl (C=O) groups excluding carboxylic acids is 1. The first-order valence-corrected chi connectivity index (χ1v) is 10.6. The van der Waals surface area contributed by atoms with Crippen molar-refractivity contribution in [2.24, 2.45) is 0 Å². The van der Waals surface area contributed by atoms with Crippen LogP contribution in [0.3, 0.4) is 0 Å². The molecule has 0 radical (unpaired) electrons. The number of likely N-dealkylation sites (tertiary alicyclic amines) is 1. The molecule has 1 aliphatic carbocycles. The lowest BCUT2D eigenvalue weighted by atomic mass is 9.92. The van der Waals surface area contributed by atoms with Gasteiger partial charge in [-0.3, -0.25) is 4.90 Å². The van der Waals surface area contributed by atoms with Gasteiger partial charge in [-0.25, -0.2) is 14.0 Å². The molecule has 2 atom stereocenters. The lowest BCUT2D eigenvalue weighted by molar-refractivity contribution is -0.142. The lowest BCUT2D eigenvalue weighted by Crippen LogP contribution is -2.43. The number of carboxylic acid groups (broad SMARTS) is 1. The number of fused-ring (bicyclic) bond motifs is 3. The Morgan fingerprint density at radius 2 is 1.62 bits per heavy atom. The molecule has 2 aliphatic rings. The Morgan fingerprint density at radius 1 is 0.969 bits per heavy atom. The summed E-state index contributed by atoms with van der Waals surface area (Å²) in [6.45, 7) is 0.370. The van der Waals surface area contributed by atoms with E-state index in [0.29, 0.717) is 12.0 Å². The number of halogens is 1. The first-order valence-electron chi connectivity index (χ1n) is 10.6. The Morgan fingerprint density at radius 3 is 2.25 bits per heavy atom. The Bertz CT molecular complexity index is 1150. The third-order valence-corrected chi connectivity index (χ3v) is 6.50. The van der Waals surface area contributed by atoms with Crippen molar-refractivity contribution in [3.05, 3.63) is 95.3 Å². The van der Waals surface area contributed by atoms with Gasteiger partial charge in [-0.15, -0.1) is 0 Å². The van der Waals surface area contributed by atoms with Gasteiger partial charge < -0.3 is 9.84 Å². The standard InChI is InChI=1S/C26H22FNO4/c27-17-7-5-6-16(14-17)18-12-13-28(24(18)25(29)30)26(31)32-15-23-21-10-3-1-8-19(21)20-9-2-4-11-22(20)23/h1-11,14,18,23-24H,12-13,15H2,(H,29,30)/t18-,24+/m1/s1. The summed E-state index contributed by atoms with van der Waals surface area (Å²) >= 11 is 0. The Balaban J connectivity index is 1.35. The van der Waals surface area contributed by atoms with E-state index in [9.17, 15) is 19.1 Å². The van der Waals surface area contributed by atoms with E-state index < -0.39 is 29.8 Å². The molecule has 1 saturated heterocycles. The first kappa shape index (κ1) is 20.2. The molecular weight excluding hydrogens is 409 g/mol. The number of benzene rings is 3. The van der Waals surface area contributed by atoms with Crippen molar-refractivity contribution in [1.82, 2.24) is 4.90 Å². The molecule has 0 unspecified atom stereocenters. The number of hydrogen-bond donors (Lipinski definition) is 1. The SMILES string of the molecule is O=C(O)[C@@H]1[C@@H](c2cccc(F)c2)CCN1C(=O)OCC1c2ccccc2-c2ccccc21. The Kier molecular flexibility index (Phi) is 5.13. The molecule has 1 aliphatic heterocycles. The van der Waals surface area contributed by atoms with Crippen LogP contribution in [0.15, 0.2) is 72.8 Å². The van der Waals surface area contributed by atoms with E-state index in [1.807, 2.05) is 36.4 Å². The highest BCUT2D eigenvalue weighted by Crippen LogP contribution is 2.44. The van der Waals surface area contributed by atoms with Crippen LogP contribution in [0.1, 0.15) is 34.9 Å². The second kappa shape index (κ2) is 8.11. The van der Waals surface area contributed by atoms with Crippen molar-refractivity contribution in [2.45, 2.75) is 24.3 Å². The fourth-order valence-corrected chi connectivity index (χ4v) is 5.07. The largest absolute Gasteiger partial charge is 0.480 e. The van der Waals surface area contributed by atoms with E-state index >= 15 is 0 Å². The van der Waals surface area contributed by atoms with E-state index in [-0.39, 0.29) is 19.1 Å². The van der Waals surface area contributed by atoms with Crippen molar-refractivity contribution in [3.63, 3.8) is 0 Å². The molecule has 6 heteroatoms. The average Bonchev–Trinajstić information content (AvgIpc) is 3.38. The molecule has 1 N–H and O–H groups in total. The van der Waals surface area contributed by atoms with Gasteiger partial charge in [0, 0.05) is 18.4 Å². The highest BCUT2D eigenvalue weighted by molar-refractivity contribution is 5.82. The minimum atomic E-state index is -1.12. The molecule has 0 saturated carbocycles. The van der Waals surface area contributed by atoms with Crippen molar-refractivity contribution >= 4 is 12.1 Å². The number of carbonyl (C=O) groups is 2. The smallest absolute Gasteiger partial charge is 0.410 e. The first-order chi connectivity index (χ1) is 15.5. The number of rotatable bonds is 4. The second-order valence-electron chi connectivity index (χ2n) is 8.23. The molecule has 1 fully saturated rings. The van der Waals surface area contributed by atoms with E-state index in [1.54, 1.807) is 12.1 Å². The van der Waals surface area contributed by atoms with Crippen LogP contribution >= 0.6 is 0 Å². The fraction of sp³-hybridized carbons (Fsp3) is 0.231. The number of aliphatic carboxylic acids is 1. The highest BCUT2D eigenvalue weighted by Gasteiger charge is 2.44. The quantitative estimate of drug-likeness (QED) is 0.630. The summed E-state index contributed by atoms with van der Waals surface area (Å²) in [5.74, 6) is -2.13. The van der Waals surface area contributed by atoms with Crippen LogP contribution < -0.4 is 0 Å². The van der Waals surface area contributed by atoms with Crippen LogP contribution in [-0.2, 0) is 9.53 Å². The molecule has 5 nitrogen and oxygen atoms in total. The molecule has 1 amide bonds. The van der Waals surface area contributed by atoms with Gasteiger partial charge in [0.1, 0.15) is 18.5 Å². The number of ether oxygens (including phenoxy) is 1. The molecule has 1 heterocycles. The minimum Gasteiger partial charge on any atom is -0.480 e. The second-order valence-corrected chi connectivity index (χ2v) is 8.23. The fourth-order valence-electron chi connectivity index (χ4n) is 5.07. The molecule has 32 heavy (non-hydrogen) atoms. The maximum Gasteiger partial charge on any atom is 0.410 e. The van der Waals surface area contributed by atoms with E-state index in [0.717, 1.165) is 22.3 Å². The molecule has 3 aromatic carbocycles. The number of carboxylic acids is 1. The average molecular weight is 431 g/mol. The van der Waals surface area contributed by atoms with Gasteiger partial charge in [0.25, 0.3) is 0 Å². The Hall–Kier alpha value is -3.67. The zero-order valence-corrected chi connectivity index (χ0v) is 17.3. The van der Waals surface area contributed by atoms with Crippen LogP contribution in [0.5, 0.6) is 0 Å². The van der Waals surface area contributed by atoms with Crippen molar-refractivity contribution in [3.8, 4) is 11.1 Å². The summed E-state index contributed by atoms with van der Waals surface area (Å²) in [4.78, 5) is 26.2. The van der Waals surface area contributed by atoms with Gasteiger partial charge in [-0.05, 0) is 46.4 Å². The van der Waals surface area contributed by atoms with Crippen LogP contribution in [0.25, 0.3) is 11.1 Å². The summed E-state index contributed by atoms with van der Waals surface area (Å²) in [6.07, 6.45) is -0.219. The molecule has 3 aromatic rings. The van der Waals surface area contributed by atoms with Crippen LogP contribution in [0.4, 0.5) is 9.18 Å². The normalized spacial score (nSPS) is 19.5. The molecular formula is C26H22FNO4. The molecule has 0 aromatic heterocycles. The third-order valence-electron chi connectivity index (χ3n) is 6.50. The van der Waals surface area contributed by atoms with Gasteiger partial charge in [0.15, 0.2) is 0 Å². The lowest BCUT2D eigenvalue weighted by Gasteiger charge is -2.25. The molecule has 0 bridgehead atoms. The molecule has 5 rings (SSSR count).